The summed E-state index contributed by atoms with van der Waals surface area (Å²) in [6.07, 6.45) is 33.8. The van der Waals surface area contributed by atoms with Gasteiger partial charge in [0, 0.05) is 17.8 Å². The molecule has 5 rings (SSSR count). The number of hydrogen-bond donors (Lipinski definition) is 2. The Morgan fingerprint density at radius 3 is 2.09 bits per heavy atom. The fourth-order valence-electron chi connectivity index (χ4n) is 12.6. The van der Waals surface area contributed by atoms with E-state index in [2.05, 4.69) is 33.8 Å². The molecule has 53 heavy (non-hydrogen) atoms. The maximum Gasteiger partial charge on any atom is 0.305 e. The minimum absolute atomic E-state index is 0.0372. The monoisotopic (exact) mass is 735 g/mol. The molecule has 4 saturated carbocycles. The van der Waals surface area contributed by atoms with E-state index in [0.717, 1.165) is 72.4 Å². The van der Waals surface area contributed by atoms with Crippen molar-refractivity contribution < 1.29 is 14.3 Å². The number of unbranched alkanes of at least 4 members (excludes halogenated alkanes) is 13. The van der Waals surface area contributed by atoms with E-state index in [4.69, 9.17) is 20.9 Å². The van der Waals surface area contributed by atoms with Crippen LogP contribution in [-0.4, -0.2) is 25.3 Å². The summed E-state index contributed by atoms with van der Waals surface area (Å²) >= 11 is 0. The summed E-state index contributed by atoms with van der Waals surface area (Å²) in [5, 5.41) is 0. The number of hydrogen-bond acceptors (Lipinski definition) is 5. The number of nitrogen functional groups attached to an aromatic ring is 2. The first-order valence-electron chi connectivity index (χ1n) is 23.1. The fourth-order valence-corrected chi connectivity index (χ4v) is 12.6. The fraction of sp³-hybridized carbons (Fsp3) is 0.854. The maximum atomic E-state index is 12.7. The molecule has 5 nitrogen and oxygen atoms in total. The molecule has 302 valence electrons. The van der Waals surface area contributed by atoms with E-state index < -0.39 is 0 Å². The molecule has 0 spiro atoms. The van der Waals surface area contributed by atoms with Crippen molar-refractivity contribution in [1.29, 1.82) is 0 Å². The molecule has 0 aliphatic heterocycles. The number of esters is 1. The number of carbonyl (C=O) groups is 1. The molecule has 0 radical (unpaired) electrons. The van der Waals surface area contributed by atoms with E-state index in [1.54, 1.807) is 0 Å². The van der Waals surface area contributed by atoms with Crippen LogP contribution in [0.3, 0.4) is 0 Å². The van der Waals surface area contributed by atoms with Gasteiger partial charge in [-0.3, -0.25) is 4.79 Å². The summed E-state index contributed by atoms with van der Waals surface area (Å²) in [5.41, 5.74) is 15.6. The third-order valence-corrected chi connectivity index (χ3v) is 15.8. The molecule has 0 amide bonds. The molecule has 9 atom stereocenters. The summed E-state index contributed by atoms with van der Waals surface area (Å²) in [6.45, 7) is 11.4. The van der Waals surface area contributed by atoms with E-state index in [9.17, 15) is 4.79 Å². The molecular weight excluding hydrogens is 653 g/mol. The molecule has 4 fully saturated rings. The lowest BCUT2D eigenvalue weighted by atomic mass is 9.44. The molecule has 0 bridgehead atoms. The highest BCUT2D eigenvalue weighted by atomic mass is 16.5. The SMILES string of the molecule is CCCCCCCCCCCCCCCCOC(=O)CC[C@@H](C)[C@H]1CC[C@H]2[C@@H]3CCC4CC(OCCc5ccc(N)cc5N)CC[C@]4(C)[C@H]3CC[C@]12C. The van der Waals surface area contributed by atoms with Crippen LogP contribution in [0.15, 0.2) is 18.2 Å². The number of rotatable bonds is 23. The zero-order chi connectivity index (χ0) is 37.7. The second kappa shape index (κ2) is 21.0. The standard InChI is InChI=1S/C48H82N2O3/c1-5-6-7-8-9-10-11-12-13-14-15-16-17-18-32-53-46(51)26-19-36(2)42-24-25-43-41-23-21-38-34-40(52-33-29-37-20-22-39(49)35-45(37)50)27-30-47(38,3)44(41)28-31-48(42,43)4/h20,22,35-36,38,40-44H,5-19,21,23-34,49-50H2,1-4H3/t36-,38?,40?,41+,42-,43+,44+,47+,48-/m1/s1. The third kappa shape index (κ3) is 11.4. The Hall–Kier alpha value is -1.75. The Labute approximate surface area is 326 Å². The number of ether oxygens (including phenoxy) is 2. The van der Waals surface area contributed by atoms with Crippen LogP contribution in [0.5, 0.6) is 0 Å². The van der Waals surface area contributed by atoms with Gasteiger partial charge < -0.3 is 20.9 Å². The predicted octanol–water partition coefficient (Wildman–Crippen LogP) is 12.9. The van der Waals surface area contributed by atoms with Crippen LogP contribution in [0, 0.1) is 46.3 Å². The summed E-state index contributed by atoms with van der Waals surface area (Å²) in [5.74, 6) is 4.78. The van der Waals surface area contributed by atoms with E-state index in [0.29, 0.717) is 35.9 Å². The van der Waals surface area contributed by atoms with Gasteiger partial charge >= 0.3 is 5.97 Å². The van der Waals surface area contributed by atoms with Crippen molar-refractivity contribution in [3.8, 4) is 0 Å². The van der Waals surface area contributed by atoms with Crippen LogP contribution >= 0.6 is 0 Å². The van der Waals surface area contributed by atoms with Gasteiger partial charge in [0.25, 0.3) is 0 Å². The maximum absolute atomic E-state index is 12.7. The average molecular weight is 735 g/mol. The molecule has 0 aromatic heterocycles. The smallest absolute Gasteiger partial charge is 0.305 e. The molecule has 2 unspecified atom stereocenters. The molecular formula is C48H82N2O3. The van der Waals surface area contributed by atoms with Gasteiger partial charge in [-0.2, -0.15) is 0 Å². The van der Waals surface area contributed by atoms with Crippen LogP contribution in [0.2, 0.25) is 0 Å². The zero-order valence-corrected chi connectivity index (χ0v) is 35.0. The van der Waals surface area contributed by atoms with Crippen LogP contribution in [-0.2, 0) is 20.7 Å². The first-order chi connectivity index (χ1) is 25.7. The van der Waals surface area contributed by atoms with Gasteiger partial charge in [-0.25, -0.2) is 0 Å². The van der Waals surface area contributed by atoms with Gasteiger partial charge in [0.15, 0.2) is 0 Å². The minimum Gasteiger partial charge on any atom is -0.466 e. The quantitative estimate of drug-likeness (QED) is 0.0664. The van der Waals surface area contributed by atoms with Crippen LogP contribution in [0.1, 0.15) is 194 Å². The Morgan fingerprint density at radius 2 is 1.42 bits per heavy atom. The van der Waals surface area contributed by atoms with E-state index in [1.807, 2.05) is 12.1 Å². The van der Waals surface area contributed by atoms with Gasteiger partial charge in [-0.05, 0) is 141 Å². The van der Waals surface area contributed by atoms with Crippen molar-refractivity contribution >= 4 is 17.3 Å². The highest BCUT2D eigenvalue weighted by molar-refractivity contribution is 5.69. The van der Waals surface area contributed by atoms with Crippen LogP contribution in [0.25, 0.3) is 0 Å². The molecule has 5 heteroatoms. The number of fused-ring (bicyclic) bond motifs is 5. The molecule has 4 N–H and O–H groups in total. The van der Waals surface area contributed by atoms with Crippen molar-refractivity contribution in [2.75, 3.05) is 24.7 Å². The summed E-state index contributed by atoms with van der Waals surface area (Å²) < 4.78 is 12.2. The van der Waals surface area contributed by atoms with E-state index in [1.165, 1.54) is 141 Å². The first-order valence-corrected chi connectivity index (χ1v) is 23.1. The number of carbonyl (C=O) groups excluding carboxylic acids is 1. The number of benzene rings is 1. The highest BCUT2D eigenvalue weighted by Crippen LogP contribution is 2.68. The molecule has 4 aliphatic rings. The largest absolute Gasteiger partial charge is 0.466 e. The normalized spacial score (nSPS) is 31.4. The lowest BCUT2D eigenvalue weighted by molar-refractivity contribution is -0.145. The van der Waals surface area contributed by atoms with Gasteiger partial charge in [0.1, 0.15) is 0 Å². The van der Waals surface area contributed by atoms with Crippen molar-refractivity contribution in [1.82, 2.24) is 0 Å². The molecule has 1 aromatic rings. The Balaban J connectivity index is 0.948. The summed E-state index contributed by atoms with van der Waals surface area (Å²) in [4.78, 5) is 12.7. The topological polar surface area (TPSA) is 87.6 Å². The van der Waals surface area contributed by atoms with Gasteiger partial charge in [0.05, 0.1) is 19.3 Å². The second-order valence-electron chi connectivity index (χ2n) is 19.2. The number of nitrogens with two attached hydrogens (primary N) is 2. The van der Waals surface area contributed by atoms with Crippen molar-refractivity contribution in [3.05, 3.63) is 23.8 Å². The lowest BCUT2D eigenvalue weighted by Crippen LogP contribution is -2.54. The molecule has 1 aromatic carbocycles. The Morgan fingerprint density at radius 1 is 0.774 bits per heavy atom. The predicted molar refractivity (Wildman–Crippen MR) is 224 cm³/mol. The van der Waals surface area contributed by atoms with Crippen molar-refractivity contribution in [2.45, 2.75) is 201 Å². The summed E-state index contributed by atoms with van der Waals surface area (Å²) in [7, 11) is 0. The van der Waals surface area contributed by atoms with Gasteiger partial charge in [-0.15, -0.1) is 0 Å². The lowest BCUT2D eigenvalue weighted by Gasteiger charge is -2.61. The van der Waals surface area contributed by atoms with E-state index >= 15 is 0 Å². The molecule has 0 heterocycles. The summed E-state index contributed by atoms with van der Waals surface area (Å²) in [6, 6.07) is 5.85. The highest BCUT2D eigenvalue weighted by Gasteiger charge is 2.60. The minimum atomic E-state index is 0.0372. The third-order valence-electron chi connectivity index (χ3n) is 15.8. The Kier molecular flexibility index (Phi) is 16.8. The second-order valence-corrected chi connectivity index (χ2v) is 19.2. The molecule has 0 saturated heterocycles. The van der Waals surface area contributed by atoms with Crippen LogP contribution < -0.4 is 11.5 Å². The number of anilines is 2. The van der Waals surface area contributed by atoms with Gasteiger partial charge in [0.2, 0.25) is 0 Å². The average Bonchev–Trinajstić information content (AvgIpc) is 3.50. The zero-order valence-electron chi connectivity index (χ0n) is 35.0. The van der Waals surface area contributed by atoms with Crippen molar-refractivity contribution in [2.24, 2.45) is 46.3 Å². The Bertz CT molecular complexity index is 1240. The van der Waals surface area contributed by atoms with Crippen molar-refractivity contribution in [3.63, 3.8) is 0 Å². The van der Waals surface area contributed by atoms with E-state index in [-0.39, 0.29) is 5.97 Å². The van der Waals surface area contributed by atoms with Gasteiger partial charge in [-0.1, -0.05) is 117 Å². The first kappa shape index (κ1) is 42.4. The van der Waals surface area contributed by atoms with Crippen LogP contribution in [0.4, 0.5) is 11.4 Å². The molecule has 4 aliphatic carbocycles.